The van der Waals surface area contributed by atoms with E-state index in [2.05, 4.69) is 11.8 Å². The molecule has 0 bridgehead atoms. The largest absolute Gasteiger partial charge is 0.392 e. The van der Waals surface area contributed by atoms with Gasteiger partial charge in [-0.25, -0.2) is 0 Å². The second-order valence-electron chi connectivity index (χ2n) is 5.03. The second-order valence-corrected chi connectivity index (χ2v) is 5.03. The summed E-state index contributed by atoms with van der Waals surface area (Å²) in [6.07, 6.45) is 6.33. The molecule has 1 aliphatic carbocycles. The van der Waals surface area contributed by atoms with Crippen molar-refractivity contribution >= 4 is 0 Å². The van der Waals surface area contributed by atoms with Crippen molar-refractivity contribution < 1.29 is 5.11 Å². The fourth-order valence-corrected chi connectivity index (χ4v) is 2.58. The molecule has 14 heavy (non-hydrogen) atoms. The van der Waals surface area contributed by atoms with E-state index in [0.717, 1.165) is 12.5 Å². The highest BCUT2D eigenvalue weighted by Crippen LogP contribution is 2.32. The van der Waals surface area contributed by atoms with Crippen molar-refractivity contribution in [3.05, 3.63) is 0 Å². The third-order valence-electron chi connectivity index (χ3n) is 3.50. The Labute approximate surface area is 88.3 Å². The summed E-state index contributed by atoms with van der Waals surface area (Å²) in [5, 5.41) is 10.0. The maximum Gasteiger partial charge on any atom is 0.0695 e. The van der Waals surface area contributed by atoms with Gasteiger partial charge < -0.3 is 10.0 Å². The Balaban J connectivity index is 2.35. The fourth-order valence-electron chi connectivity index (χ4n) is 2.58. The van der Waals surface area contributed by atoms with Crippen molar-refractivity contribution in [1.82, 2.24) is 4.90 Å². The lowest BCUT2D eigenvalue weighted by atomic mass is 9.77. The van der Waals surface area contributed by atoms with Gasteiger partial charge in [-0.3, -0.25) is 0 Å². The van der Waals surface area contributed by atoms with Crippen LogP contribution in [0.25, 0.3) is 0 Å². The zero-order valence-electron chi connectivity index (χ0n) is 9.87. The van der Waals surface area contributed by atoms with E-state index >= 15 is 0 Å². The Hall–Kier alpha value is -0.0800. The quantitative estimate of drug-likeness (QED) is 0.749. The second kappa shape index (κ2) is 5.72. The lowest BCUT2D eigenvalue weighted by molar-refractivity contribution is 0.0479. The zero-order chi connectivity index (χ0) is 10.6. The lowest BCUT2D eigenvalue weighted by Crippen LogP contribution is -2.34. The van der Waals surface area contributed by atoms with Gasteiger partial charge >= 0.3 is 0 Å². The average Bonchev–Trinajstić information content (AvgIpc) is 2.17. The van der Waals surface area contributed by atoms with Crippen LogP contribution >= 0.6 is 0 Å². The Bertz CT molecular complexity index is 158. The van der Waals surface area contributed by atoms with Gasteiger partial charge in [-0.15, -0.1) is 0 Å². The Morgan fingerprint density at radius 3 is 2.64 bits per heavy atom. The summed E-state index contributed by atoms with van der Waals surface area (Å²) in [6.45, 7) is 3.09. The third-order valence-corrected chi connectivity index (χ3v) is 3.50. The number of hydrogen-bond donors (Lipinski definition) is 1. The minimum absolute atomic E-state index is 0.112. The van der Waals surface area contributed by atoms with Gasteiger partial charge in [0.2, 0.25) is 0 Å². The summed E-state index contributed by atoms with van der Waals surface area (Å²) in [5.41, 5.74) is 0. The van der Waals surface area contributed by atoms with E-state index in [1.165, 1.54) is 32.1 Å². The number of nitrogens with zero attached hydrogens (tertiary/aromatic N) is 1. The van der Waals surface area contributed by atoms with Crippen LogP contribution in [0.3, 0.4) is 0 Å². The number of likely N-dealkylation sites (N-methyl/N-ethyl adjacent to an activating group) is 1. The Morgan fingerprint density at radius 2 is 2.07 bits per heavy atom. The molecule has 1 rings (SSSR count). The number of aliphatic hydroxyl groups is 1. The van der Waals surface area contributed by atoms with Crippen LogP contribution in [0.5, 0.6) is 0 Å². The van der Waals surface area contributed by atoms with Crippen LogP contribution in [0.1, 0.15) is 39.0 Å². The topological polar surface area (TPSA) is 23.5 Å². The first kappa shape index (κ1) is 12.0. The van der Waals surface area contributed by atoms with Gasteiger partial charge in [-0.05, 0) is 38.8 Å². The molecule has 2 nitrogen and oxygen atoms in total. The van der Waals surface area contributed by atoms with Gasteiger partial charge in [-0.1, -0.05) is 26.2 Å². The van der Waals surface area contributed by atoms with E-state index < -0.39 is 0 Å². The molecule has 0 amide bonds. The molecule has 2 heteroatoms. The maximum atomic E-state index is 10.0. The molecule has 0 saturated heterocycles. The standard InChI is InChI=1S/C12H25NO/c1-4-10-6-5-7-11(8-10)12(14)9-13(2)3/h10-12,14H,4-9H2,1-3H3. The first-order valence-electron chi connectivity index (χ1n) is 5.96. The van der Waals surface area contributed by atoms with Crippen LogP contribution in [-0.4, -0.2) is 36.8 Å². The van der Waals surface area contributed by atoms with Crippen molar-refractivity contribution in [1.29, 1.82) is 0 Å². The van der Waals surface area contributed by atoms with Crippen molar-refractivity contribution in [2.45, 2.75) is 45.1 Å². The van der Waals surface area contributed by atoms with Gasteiger partial charge in [0.15, 0.2) is 0 Å². The van der Waals surface area contributed by atoms with Crippen LogP contribution in [0.15, 0.2) is 0 Å². The van der Waals surface area contributed by atoms with Crippen molar-refractivity contribution in [2.75, 3.05) is 20.6 Å². The molecule has 1 aliphatic rings. The van der Waals surface area contributed by atoms with Crippen LogP contribution < -0.4 is 0 Å². The molecule has 0 aliphatic heterocycles. The van der Waals surface area contributed by atoms with E-state index in [-0.39, 0.29) is 6.10 Å². The van der Waals surface area contributed by atoms with Crippen molar-refractivity contribution in [2.24, 2.45) is 11.8 Å². The van der Waals surface area contributed by atoms with Crippen LogP contribution in [0, 0.1) is 11.8 Å². The Kier molecular flexibility index (Phi) is 4.90. The molecule has 0 heterocycles. The molecular formula is C12H25NO. The highest BCUT2D eigenvalue weighted by atomic mass is 16.3. The Morgan fingerprint density at radius 1 is 1.36 bits per heavy atom. The van der Waals surface area contributed by atoms with Crippen LogP contribution in [0.2, 0.25) is 0 Å². The van der Waals surface area contributed by atoms with Gasteiger partial charge in [0.25, 0.3) is 0 Å². The first-order chi connectivity index (χ1) is 6.63. The zero-order valence-corrected chi connectivity index (χ0v) is 9.87. The lowest BCUT2D eigenvalue weighted by Gasteiger charge is -2.32. The number of hydrogen-bond acceptors (Lipinski definition) is 2. The van der Waals surface area contributed by atoms with Gasteiger partial charge in [0.05, 0.1) is 6.10 Å². The SMILES string of the molecule is CCC1CCCC(C(O)CN(C)C)C1. The fraction of sp³-hybridized carbons (Fsp3) is 1.00. The van der Waals surface area contributed by atoms with E-state index in [1.807, 2.05) is 14.1 Å². The molecule has 1 fully saturated rings. The molecule has 1 N–H and O–H groups in total. The predicted molar refractivity (Wildman–Crippen MR) is 60.3 cm³/mol. The normalized spacial score (nSPS) is 30.6. The smallest absolute Gasteiger partial charge is 0.0695 e. The van der Waals surface area contributed by atoms with Gasteiger partial charge in [-0.2, -0.15) is 0 Å². The van der Waals surface area contributed by atoms with E-state index in [9.17, 15) is 5.11 Å². The van der Waals surface area contributed by atoms with E-state index in [0.29, 0.717) is 5.92 Å². The summed E-state index contributed by atoms with van der Waals surface area (Å²) in [4.78, 5) is 2.08. The van der Waals surface area contributed by atoms with Crippen molar-refractivity contribution in [3.8, 4) is 0 Å². The molecule has 84 valence electrons. The number of rotatable bonds is 4. The maximum absolute atomic E-state index is 10.0. The summed E-state index contributed by atoms with van der Waals surface area (Å²) in [5.74, 6) is 1.42. The molecule has 0 aromatic rings. The van der Waals surface area contributed by atoms with E-state index in [1.54, 1.807) is 0 Å². The molecule has 0 radical (unpaired) electrons. The molecule has 0 spiro atoms. The monoisotopic (exact) mass is 199 g/mol. The van der Waals surface area contributed by atoms with Gasteiger partial charge in [0, 0.05) is 6.54 Å². The minimum Gasteiger partial charge on any atom is -0.392 e. The summed E-state index contributed by atoms with van der Waals surface area (Å²) >= 11 is 0. The molecule has 0 aromatic carbocycles. The molecule has 3 unspecified atom stereocenters. The first-order valence-corrected chi connectivity index (χ1v) is 5.96. The van der Waals surface area contributed by atoms with Gasteiger partial charge in [0.1, 0.15) is 0 Å². The highest BCUT2D eigenvalue weighted by Gasteiger charge is 2.26. The number of aliphatic hydroxyl groups excluding tert-OH is 1. The highest BCUT2D eigenvalue weighted by molar-refractivity contribution is 4.78. The average molecular weight is 199 g/mol. The molecule has 1 saturated carbocycles. The van der Waals surface area contributed by atoms with Crippen LogP contribution in [-0.2, 0) is 0 Å². The molecule has 0 aromatic heterocycles. The minimum atomic E-state index is -0.112. The predicted octanol–water partition coefficient (Wildman–Crippen LogP) is 2.13. The third kappa shape index (κ3) is 3.58. The molecule has 3 atom stereocenters. The van der Waals surface area contributed by atoms with Crippen LogP contribution in [0.4, 0.5) is 0 Å². The summed E-state index contributed by atoms with van der Waals surface area (Å²) in [6, 6.07) is 0. The summed E-state index contributed by atoms with van der Waals surface area (Å²) < 4.78 is 0. The van der Waals surface area contributed by atoms with E-state index in [4.69, 9.17) is 0 Å². The van der Waals surface area contributed by atoms with Crippen molar-refractivity contribution in [3.63, 3.8) is 0 Å². The summed E-state index contributed by atoms with van der Waals surface area (Å²) in [7, 11) is 4.06. The molecular weight excluding hydrogens is 174 g/mol.